The quantitative estimate of drug-likeness (QED) is 0.139. The van der Waals surface area contributed by atoms with Gasteiger partial charge < -0.3 is 25.4 Å². The van der Waals surface area contributed by atoms with E-state index < -0.39 is 17.3 Å². The fraction of sp³-hybridized carbons (Fsp3) is 0.400. The Balaban J connectivity index is 1.52. The van der Waals surface area contributed by atoms with Crippen LogP contribution in [0.5, 0.6) is 11.5 Å². The van der Waals surface area contributed by atoms with E-state index in [0.29, 0.717) is 48.1 Å². The van der Waals surface area contributed by atoms with E-state index in [0.717, 1.165) is 6.21 Å². The van der Waals surface area contributed by atoms with Crippen molar-refractivity contribution < 1.29 is 28.6 Å². The molecule has 1 aromatic carbocycles. The Labute approximate surface area is 202 Å². The van der Waals surface area contributed by atoms with Crippen LogP contribution >= 0.6 is 0 Å². The molecule has 0 aliphatic heterocycles. The fourth-order valence-corrected chi connectivity index (χ4v) is 4.63. The van der Waals surface area contributed by atoms with Crippen LogP contribution in [0.1, 0.15) is 36.2 Å². The number of amides is 1. The number of carbonyl (C=O) groups excluding carboxylic acids is 3. The summed E-state index contributed by atoms with van der Waals surface area (Å²) in [7, 11) is 2.85. The lowest BCUT2D eigenvalue weighted by Crippen LogP contribution is -2.47. The summed E-state index contributed by atoms with van der Waals surface area (Å²) < 4.78 is 16.4. The highest BCUT2D eigenvalue weighted by molar-refractivity contribution is 6.35. The average Bonchev–Trinajstić information content (AvgIpc) is 3.38. The molecule has 0 spiro atoms. The molecular weight excluding hydrogens is 452 g/mol. The van der Waals surface area contributed by atoms with Crippen molar-refractivity contribution in [1.82, 2.24) is 10.3 Å². The summed E-state index contributed by atoms with van der Waals surface area (Å²) in [6, 6.07) is 6.85. The third-order valence-corrected chi connectivity index (χ3v) is 6.67. The number of hydrazone groups is 1. The molecule has 184 valence electrons. The van der Waals surface area contributed by atoms with E-state index in [1.54, 1.807) is 31.4 Å². The topological polar surface area (TPSA) is 142 Å². The number of pyridine rings is 1. The van der Waals surface area contributed by atoms with Gasteiger partial charge >= 0.3 is 5.97 Å². The molecule has 2 fully saturated rings. The largest absolute Gasteiger partial charge is 0.497 e. The highest BCUT2D eigenvalue weighted by Crippen LogP contribution is 2.46. The number of ketones is 1. The van der Waals surface area contributed by atoms with E-state index >= 15 is 0 Å². The van der Waals surface area contributed by atoms with Gasteiger partial charge in [-0.1, -0.05) is 6.08 Å². The van der Waals surface area contributed by atoms with Gasteiger partial charge in [-0.3, -0.25) is 9.59 Å². The van der Waals surface area contributed by atoms with E-state index in [2.05, 4.69) is 22.0 Å². The molecule has 2 aromatic rings. The summed E-state index contributed by atoms with van der Waals surface area (Å²) in [5.74, 6) is 4.61. The second kappa shape index (κ2) is 9.73. The maximum absolute atomic E-state index is 13.0. The Morgan fingerprint density at radius 2 is 2.06 bits per heavy atom. The Morgan fingerprint density at radius 1 is 1.26 bits per heavy atom. The third kappa shape index (κ3) is 4.68. The number of fused-ring (bicyclic) bond motifs is 1. The normalized spacial score (nSPS) is 25.3. The van der Waals surface area contributed by atoms with E-state index in [4.69, 9.17) is 20.1 Å². The smallest absolute Gasteiger partial charge is 0.332 e. The van der Waals surface area contributed by atoms with E-state index in [-0.39, 0.29) is 29.5 Å². The molecule has 2 aliphatic rings. The maximum atomic E-state index is 13.0. The Hall–Kier alpha value is -3.95. The Morgan fingerprint density at radius 3 is 2.71 bits per heavy atom. The van der Waals surface area contributed by atoms with Crippen molar-refractivity contribution in [3.8, 4) is 11.5 Å². The molecule has 4 rings (SSSR count). The van der Waals surface area contributed by atoms with Crippen LogP contribution in [0.25, 0.3) is 10.9 Å². The predicted molar refractivity (Wildman–Crippen MR) is 128 cm³/mol. The number of ether oxygens (including phenoxy) is 3. The van der Waals surface area contributed by atoms with Crippen LogP contribution in [0.2, 0.25) is 0 Å². The monoisotopic (exact) mass is 480 g/mol. The fourth-order valence-electron chi connectivity index (χ4n) is 4.63. The number of rotatable bonds is 9. The third-order valence-electron chi connectivity index (χ3n) is 6.67. The first-order valence-corrected chi connectivity index (χ1v) is 11.3. The molecule has 4 atom stereocenters. The van der Waals surface area contributed by atoms with Crippen molar-refractivity contribution in [3.63, 3.8) is 0 Å². The number of aromatic nitrogens is 1. The number of carbonyl (C=O) groups is 3. The van der Waals surface area contributed by atoms with Crippen LogP contribution < -0.4 is 20.6 Å². The number of hydrogen-bond acceptors (Lipinski definition) is 9. The lowest BCUT2D eigenvalue weighted by atomic mass is 10.1. The van der Waals surface area contributed by atoms with Crippen LogP contribution in [0.15, 0.2) is 42.0 Å². The minimum absolute atomic E-state index is 0.131. The molecule has 1 unspecified atom stereocenters. The van der Waals surface area contributed by atoms with Crippen molar-refractivity contribution in [2.45, 2.75) is 37.3 Å². The molecule has 1 aromatic heterocycles. The van der Waals surface area contributed by atoms with Gasteiger partial charge in [0.1, 0.15) is 22.7 Å². The molecule has 10 nitrogen and oxygen atoms in total. The van der Waals surface area contributed by atoms with Crippen LogP contribution in [0, 0.1) is 11.8 Å². The maximum Gasteiger partial charge on any atom is 0.332 e. The minimum atomic E-state index is -1.02. The molecule has 2 aliphatic carbocycles. The molecular formula is C25H28N4O6. The molecule has 3 N–H and O–H groups in total. The summed E-state index contributed by atoms with van der Waals surface area (Å²) in [6.45, 7) is 3.73. The van der Waals surface area contributed by atoms with Crippen molar-refractivity contribution in [1.29, 1.82) is 0 Å². The first kappa shape index (κ1) is 24.2. The zero-order valence-corrected chi connectivity index (χ0v) is 19.7. The SMILES string of the molecule is C=C[C@H]1C[C@]1(NC(=O)[C@H]1CCC(Oc2cc(C(=O)/C=N\N)nc3cc(OC)ccc23)C1)C(=O)OC. The minimum Gasteiger partial charge on any atom is -0.497 e. The van der Waals surface area contributed by atoms with Gasteiger partial charge in [0.15, 0.2) is 0 Å². The van der Waals surface area contributed by atoms with E-state index in [1.165, 1.54) is 7.11 Å². The zero-order chi connectivity index (χ0) is 25.2. The zero-order valence-electron chi connectivity index (χ0n) is 19.7. The van der Waals surface area contributed by atoms with Crippen molar-refractivity contribution in [2.75, 3.05) is 14.2 Å². The second-order valence-electron chi connectivity index (χ2n) is 8.78. The number of hydrogen-bond donors (Lipinski definition) is 2. The summed E-state index contributed by atoms with van der Waals surface area (Å²) in [4.78, 5) is 42.0. The second-order valence-corrected chi connectivity index (χ2v) is 8.78. The van der Waals surface area contributed by atoms with Crippen LogP contribution in [-0.2, 0) is 14.3 Å². The van der Waals surface area contributed by atoms with Crippen LogP contribution in [-0.4, -0.2) is 54.7 Å². The van der Waals surface area contributed by atoms with E-state index in [1.807, 2.05) is 6.07 Å². The number of Topliss-reactive ketones (excluding diaryl/α,β-unsaturated/α-hetero) is 1. The number of nitrogens with one attached hydrogen (secondary N) is 1. The highest BCUT2D eigenvalue weighted by atomic mass is 16.5. The molecule has 10 heteroatoms. The average molecular weight is 481 g/mol. The van der Waals surface area contributed by atoms with Crippen LogP contribution in [0.3, 0.4) is 0 Å². The summed E-state index contributed by atoms with van der Waals surface area (Å²) in [6.07, 6.45) is 4.59. The van der Waals surface area contributed by atoms with Crippen molar-refractivity contribution in [3.05, 3.63) is 42.6 Å². The molecule has 0 saturated heterocycles. The Bertz CT molecular complexity index is 1210. The predicted octanol–water partition coefficient (Wildman–Crippen LogP) is 2.15. The number of benzene rings is 1. The lowest BCUT2D eigenvalue weighted by molar-refractivity contribution is -0.147. The number of esters is 1. The van der Waals surface area contributed by atoms with Gasteiger partial charge in [0.25, 0.3) is 0 Å². The van der Waals surface area contributed by atoms with Gasteiger partial charge in [0, 0.05) is 29.4 Å². The number of nitrogens with zero attached hydrogens (tertiary/aromatic N) is 2. The van der Waals surface area contributed by atoms with Gasteiger partial charge in [0.2, 0.25) is 11.7 Å². The molecule has 1 amide bonds. The van der Waals surface area contributed by atoms with Gasteiger partial charge in [-0.05, 0) is 37.8 Å². The lowest BCUT2D eigenvalue weighted by Gasteiger charge is -2.20. The molecule has 0 bridgehead atoms. The first-order valence-electron chi connectivity index (χ1n) is 11.3. The van der Waals surface area contributed by atoms with Crippen molar-refractivity contribution in [2.24, 2.45) is 22.8 Å². The van der Waals surface area contributed by atoms with E-state index in [9.17, 15) is 14.4 Å². The van der Waals surface area contributed by atoms with Gasteiger partial charge in [0.05, 0.1) is 32.1 Å². The highest BCUT2D eigenvalue weighted by Gasteiger charge is 2.61. The van der Waals surface area contributed by atoms with Crippen LogP contribution in [0.4, 0.5) is 0 Å². The van der Waals surface area contributed by atoms with Crippen molar-refractivity contribution >= 4 is 34.8 Å². The first-order chi connectivity index (χ1) is 16.8. The molecule has 35 heavy (non-hydrogen) atoms. The number of nitrogens with two attached hydrogens (primary N) is 1. The molecule has 2 saturated carbocycles. The summed E-state index contributed by atoms with van der Waals surface area (Å²) >= 11 is 0. The molecule has 1 heterocycles. The Kier molecular flexibility index (Phi) is 6.72. The summed E-state index contributed by atoms with van der Waals surface area (Å²) in [5, 5.41) is 6.88. The standard InChI is InChI=1S/C25H28N4O6/c1-4-15-12-25(15,24(32)34-3)29-23(31)14-5-6-17(9-14)35-22-11-20(21(30)13-27-26)28-19-10-16(33-2)7-8-18(19)22/h4,7-8,10-11,13-15,17H,1,5-6,9,12,26H2,2-3H3,(H,29,31)/b27-13-/t14-,15-,17?,25+/m0/s1. The van der Waals surface area contributed by atoms with Gasteiger partial charge in [-0.25, -0.2) is 9.78 Å². The summed E-state index contributed by atoms with van der Waals surface area (Å²) in [5.41, 5.74) is -0.370. The van der Waals surface area contributed by atoms with Gasteiger partial charge in [-0.15, -0.1) is 6.58 Å². The molecule has 0 radical (unpaired) electrons. The number of methoxy groups -OCH3 is 2. The van der Waals surface area contributed by atoms with Gasteiger partial charge in [-0.2, -0.15) is 5.10 Å².